The first-order valence-corrected chi connectivity index (χ1v) is 7.64. The third-order valence-electron chi connectivity index (χ3n) is 3.92. The van der Waals surface area contributed by atoms with E-state index in [1.165, 1.54) is 0 Å². The summed E-state index contributed by atoms with van der Waals surface area (Å²) < 4.78 is 10.5. The van der Waals surface area contributed by atoms with Gasteiger partial charge in [0.25, 0.3) is 0 Å². The molecule has 3 aromatic rings. The number of benzene rings is 2. The number of aromatic hydroxyl groups is 1. The zero-order valence-corrected chi connectivity index (χ0v) is 14.0. The topological polar surface area (TPSA) is 66.8 Å². The number of hydrogen-bond acceptors (Lipinski definition) is 4. The van der Waals surface area contributed by atoms with Crippen LogP contribution in [0.4, 0.5) is 0 Å². The Kier molecular flexibility index (Phi) is 4.42. The van der Waals surface area contributed by atoms with Crippen molar-refractivity contribution in [1.82, 2.24) is 4.98 Å². The highest BCUT2D eigenvalue weighted by Crippen LogP contribution is 2.28. The van der Waals surface area contributed by atoms with Crippen molar-refractivity contribution in [2.45, 2.75) is 13.5 Å². The Morgan fingerprint density at radius 3 is 2.62 bits per heavy atom. The number of aromatic nitrogens is 1. The van der Waals surface area contributed by atoms with Crippen LogP contribution in [-0.2, 0) is 6.54 Å². The third kappa shape index (κ3) is 3.06. The summed E-state index contributed by atoms with van der Waals surface area (Å²) in [7, 11) is 3.22. The maximum atomic E-state index is 10.1. The molecule has 124 valence electrons. The number of ether oxygens (including phenoxy) is 2. The minimum atomic E-state index is 0.131. The fourth-order valence-corrected chi connectivity index (χ4v) is 2.66. The molecule has 1 heterocycles. The predicted molar refractivity (Wildman–Crippen MR) is 95.5 cm³/mol. The number of nitrogens with one attached hydrogen (secondary N) is 1. The van der Waals surface area contributed by atoms with Gasteiger partial charge in [0.05, 0.1) is 26.3 Å². The summed E-state index contributed by atoms with van der Waals surface area (Å²) in [6, 6.07) is 11.7. The lowest BCUT2D eigenvalue weighted by Crippen LogP contribution is -1.92. The standard InChI is InChI=1S/C19H20N2O3/c1-12-4-6-16-14(8-12)15(19(22)21-16)11-20-10-13-5-7-17(23-2)18(9-13)24-3/h4-9,11,21-22H,10H2,1-3H3. The van der Waals surface area contributed by atoms with Crippen LogP contribution in [0.3, 0.4) is 0 Å². The number of H-pyrrole nitrogens is 1. The van der Waals surface area contributed by atoms with Crippen molar-refractivity contribution in [3.05, 3.63) is 53.1 Å². The molecule has 5 nitrogen and oxygen atoms in total. The lowest BCUT2D eigenvalue weighted by atomic mass is 10.1. The number of nitrogens with zero attached hydrogens (tertiary/aromatic N) is 1. The van der Waals surface area contributed by atoms with Crippen LogP contribution in [0.2, 0.25) is 0 Å². The molecule has 0 saturated carbocycles. The van der Waals surface area contributed by atoms with Gasteiger partial charge < -0.3 is 19.6 Å². The van der Waals surface area contributed by atoms with E-state index >= 15 is 0 Å². The SMILES string of the molecule is COc1ccc(CN=Cc2c(O)[nH]c3ccc(C)cc23)cc1OC. The van der Waals surface area contributed by atoms with E-state index in [0.29, 0.717) is 23.6 Å². The summed E-state index contributed by atoms with van der Waals surface area (Å²) >= 11 is 0. The molecular weight excluding hydrogens is 304 g/mol. The Bertz CT molecular complexity index is 897. The van der Waals surface area contributed by atoms with E-state index in [2.05, 4.69) is 9.98 Å². The molecule has 2 N–H and O–H groups in total. The molecule has 0 aliphatic rings. The predicted octanol–water partition coefficient (Wildman–Crippen LogP) is 3.82. The van der Waals surface area contributed by atoms with Crippen LogP contribution in [0, 0.1) is 6.92 Å². The number of aromatic amines is 1. The molecular formula is C19H20N2O3. The molecule has 0 saturated heterocycles. The van der Waals surface area contributed by atoms with Gasteiger partial charge in [-0.2, -0.15) is 0 Å². The summed E-state index contributed by atoms with van der Waals surface area (Å²) in [6.07, 6.45) is 1.70. The Hall–Kier alpha value is -2.95. The monoisotopic (exact) mass is 324 g/mol. The van der Waals surface area contributed by atoms with E-state index in [9.17, 15) is 5.11 Å². The van der Waals surface area contributed by atoms with Crippen LogP contribution < -0.4 is 9.47 Å². The van der Waals surface area contributed by atoms with E-state index in [0.717, 1.165) is 22.0 Å². The first-order chi connectivity index (χ1) is 11.6. The highest BCUT2D eigenvalue weighted by molar-refractivity contribution is 6.02. The van der Waals surface area contributed by atoms with E-state index in [4.69, 9.17) is 9.47 Å². The van der Waals surface area contributed by atoms with Crippen molar-refractivity contribution in [2.75, 3.05) is 14.2 Å². The molecule has 5 heteroatoms. The highest BCUT2D eigenvalue weighted by atomic mass is 16.5. The van der Waals surface area contributed by atoms with Gasteiger partial charge in [-0.25, -0.2) is 0 Å². The van der Waals surface area contributed by atoms with Crippen molar-refractivity contribution in [3.63, 3.8) is 0 Å². The van der Waals surface area contributed by atoms with E-state index in [1.807, 2.05) is 43.3 Å². The maximum Gasteiger partial charge on any atom is 0.198 e. The van der Waals surface area contributed by atoms with Crippen LogP contribution in [0.25, 0.3) is 10.9 Å². The molecule has 2 aromatic carbocycles. The number of rotatable bonds is 5. The van der Waals surface area contributed by atoms with E-state index < -0.39 is 0 Å². The van der Waals surface area contributed by atoms with Crippen LogP contribution in [-0.4, -0.2) is 30.5 Å². The van der Waals surface area contributed by atoms with Gasteiger partial charge in [0.1, 0.15) is 0 Å². The van der Waals surface area contributed by atoms with Crippen molar-refractivity contribution in [3.8, 4) is 17.4 Å². The van der Waals surface area contributed by atoms with E-state index in [-0.39, 0.29) is 5.88 Å². The molecule has 0 fully saturated rings. The number of aliphatic imine (C=N–C) groups is 1. The second-order valence-electron chi connectivity index (χ2n) is 5.60. The molecule has 24 heavy (non-hydrogen) atoms. The largest absolute Gasteiger partial charge is 0.494 e. The van der Waals surface area contributed by atoms with Crippen LogP contribution >= 0.6 is 0 Å². The third-order valence-corrected chi connectivity index (χ3v) is 3.92. The zero-order valence-electron chi connectivity index (χ0n) is 14.0. The van der Waals surface area contributed by atoms with Crippen molar-refractivity contribution in [1.29, 1.82) is 0 Å². The van der Waals surface area contributed by atoms with Crippen LogP contribution in [0.5, 0.6) is 17.4 Å². The number of hydrogen-bond donors (Lipinski definition) is 2. The normalized spacial score (nSPS) is 11.3. The molecule has 3 rings (SSSR count). The van der Waals surface area contributed by atoms with Crippen LogP contribution in [0.15, 0.2) is 41.4 Å². The highest BCUT2D eigenvalue weighted by Gasteiger charge is 2.09. The minimum absolute atomic E-state index is 0.131. The van der Waals surface area contributed by atoms with E-state index in [1.54, 1.807) is 20.4 Å². The van der Waals surface area contributed by atoms with Gasteiger partial charge in [-0.1, -0.05) is 17.7 Å². The average molecular weight is 324 g/mol. The summed E-state index contributed by atoms with van der Waals surface area (Å²) in [4.78, 5) is 7.42. The summed E-state index contributed by atoms with van der Waals surface area (Å²) in [5.41, 5.74) is 3.73. The van der Waals surface area contributed by atoms with Crippen molar-refractivity contribution >= 4 is 17.1 Å². The molecule has 0 unspecified atom stereocenters. The molecule has 0 bridgehead atoms. The smallest absolute Gasteiger partial charge is 0.198 e. The number of fused-ring (bicyclic) bond motifs is 1. The lowest BCUT2D eigenvalue weighted by molar-refractivity contribution is 0.354. The molecule has 0 spiro atoms. The maximum absolute atomic E-state index is 10.1. The van der Waals surface area contributed by atoms with Gasteiger partial charge in [-0.15, -0.1) is 0 Å². The van der Waals surface area contributed by atoms with Gasteiger partial charge in [0.15, 0.2) is 17.4 Å². The summed E-state index contributed by atoms with van der Waals surface area (Å²) in [6.45, 7) is 2.51. The molecule has 0 atom stereocenters. The summed E-state index contributed by atoms with van der Waals surface area (Å²) in [5, 5.41) is 11.1. The number of methoxy groups -OCH3 is 2. The second kappa shape index (κ2) is 6.66. The Balaban J connectivity index is 1.84. The molecule has 1 aromatic heterocycles. The van der Waals surface area contributed by atoms with Gasteiger partial charge in [-0.05, 0) is 36.8 Å². The quantitative estimate of drug-likeness (QED) is 0.701. The molecule has 0 aliphatic carbocycles. The number of aryl methyl sites for hydroxylation is 1. The Morgan fingerprint density at radius 2 is 1.88 bits per heavy atom. The van der Waals surface area contributed by atoms with Crippen LogP contribution in [0.1, 0.15) is 16.7 Å². The lowest BCUT2D eigenvalue weighted by Gasteiger charge is -2.08. The minimum Gasteiger partial charge on any atom is -0.494 e. The Labute approximate surface area is 140 Å². The van der Waals surface area contributed by atoms with Gasteiger partial charge in [0, 0.05) is 17.1 Å². The molecule has 0 aliphatic heterocycles. The molecule has 0 radical (unpaired) electrons. The van der Waals surface area contributed by atoms with Gasteiger partial charge in [-0.3, -0.25) is 4.99 Å². The molecule has 0 amide bonds. The summed E-state index contributed by atoms with van der Waals surface area (Å²) in [5.74, 6) is 1.50. The second-order valence-corrected chi connectivity index (χ2v) is 5.60. The van der Waals surface area contributed by atoms with Gasteiger partial charge in [0.2, 0.25) is 0 Å². The Morgan fingerprint density at radius 1 is 1.08 bits per heavy atom. The first-order valence-electron chi connectivity index (χ1n) is 7.64. The van der Waals surface area contributed by atoms with Crippen molar-refractivity contribution in [2.24, 2.45) is 4.99 Å². The fourth-order valence-electron chi connectivity index (χ4n) is 2.66. The average Bonchev–Trinajstić information content (AvgIpc) is 2.90. The first kappa shape index (κ1) is 15.9. The zero-order chi connectivity index (χ0) is 17.1. The van der Waals surface area contributed by atoms with Gasteiger partial charge >= 0.3 is 0 Å². The van der Waals surface area contributed by atoms with Crippen molar-refractivity contribution < 1.29 is 14.6 Å². The fraction of sp³-hybridized carbons (Fsp3) is 0.211.